The Morgan fingerprint density at radius 1 is 1.12 bits per heavy atom. The van der Waals surface area contributed by atoms with Crippen molar-refractivity contribution >= 4 is 11.6 Å². The van der Waals surface area contributed by atoms with Crippen LogP contribution in [-0.4, -0.2) is 37.6 Å². The van der Waals surface area contributed by atoms with Crippen molar-refractivity contribution in [1.29, 1.82) is 0 Å². The molecule has 1 aliphatic heterocycles. The van der Waals surface area contributed by atoms with Gasteiger partial charge < -0.3 is 14.5 Å². The number of likely N-dealkylation sites (N-methyl/N-ethyl adjacent to an activating group) is 1. The molecule has 0 saturated carbocycles. The number of amides is 1. The average molecular weight is 352 g/mol. The maximum atomic E-state index is 12.8. The zero-order chi connectivity index (χ0) is 18.5. The number of hydrogen-bond acceptors (Lipinski definition) is 3. The molecule has 0 radical (unpaired) electrons. The molecular formula is C22H28N2O2. The highest BCUT2D eigenvalue weighted by Crippen LogP contribution is 2.28. The Kier molecular flexibility index (Phi) is 5.82. The summed E-state index contributed by atoms with van der Waals surface area (Å²) in [5.41, 5.74) is 3.55. The lowest BCUT2D eigenvalue weighted by molar-refractivity contribution is -0.133. The van der Waals surface area contributed by atoms with E-state index in [0.717, 1.165) is 18.7 Å². The van der Waals surface area contributed by atoms with Gasteiger partial charge in [0.05, 0.1) is 0 Å². The van der Waals surface area contributed by atoms with E-state index < -0.39 is 0 Å². The molecule has 0 aliphatic carbocycles. The van der Waals surface area contributed by atoms with E-state index in [1.807, 2.05) is 35.2 Å². The molecule has 0 saturated heterocycles. The van der Waals surface area contributed by atoms with Gasteiger partial charge in [0, 0.05) is 32.4 Å². The Morgan fingerprint density at radius 3 is 2.65 bits per heavy atom. The molecule has 2 aromatic rings. The highest BCUT2D eigenvalue weighted by molar-refractivity contribution is 5.78. The Labute approximate surface area is 156 Å². The fraction of sp³-hybridized carbons (Fsp3) is 0.409. The number of carbonyl (C=O) groups excluding carboxylic acids is 1. The second kappa shape index (κ2) is 8.26. The quantitative estimate of drug-likeness (QED) is 0.814. The number of anilines is 1. The number of hydrogen-bond donors (Lipinski definition) is 0. The van der Waals surface area contributed by atoms with Crippen LogP contribution >= 0.6 is 0 Å². The van der Waals surface area contributed by atoms with E-state index in [9.17, 15) is 4.79 Å². The molecule has 0 spiro atoms. The fourth-order valence-corrected chi connectivity index (χ4v) is 3.38. The van der Waals surface area contributed by atoms with Gasteiger partial charge in [-0.05, 0) is 35.6 Å². The molecular weight excluding hydrogens is 324 g/mol. The molecule has 1 aliphatic rings. The molecule has 1 unspecified atom stereocenters. The summed E-state index contributed by atoms with van der Waals surface area (Å²) < 4.78 is 5.93. The summed E-state index contributed by atoms with van der Waals surface area (Å²) in [5.74, 6) is 1.27. The molecule has 2 aromatic carbocycles. The number of rotatable bonds is 5. The summed E-state index contributed by atoms with van der Waals surface area (Å²) in [5, 5.41) is 0. The van der Waals surface area contributed by atoms with E-state index >= 15 is 0 Å². The predicted molar refractivity (Wildman–Crippen MR) is 106 cm³/mol. The second-order valence-corrected chi connectivity index (χ2v) is 7.00. The van der Waals surface area contributed by atoms with Gasteiger partial charge in [0.25, 0.3) is 5.91 Å². The van der Waals surface area contributed by atoms with Crippen molar-refractivity contribution in [3.63, 3.8) is 0 Å². The number of benzene rings is 2. The summed E-state index contributed by atoms with van der Waals surface area (Å²) in [6.07, 6.45) is 1.05. The fourth-order valence-electron chi connectivity index (χ4n) is 3.38. The van der Waals surface area contributed by atoms with E-state index in [2.05, 4.69) is 44.0 Å². The van der Waals surface area contributed by atoms with Crippen molar-refractivity contribution in [2.45, 2.75) is 32.7 Å². The van der Waals surface area contributed by atoms with Gasteiger partial charge in [-0.15, -0.1) is 0 Å². The first kappa shape index (κ1) is 18.3. The topological polar surface area (TPSA) is 32.8 Å². The Hall–Kier alpha value is -2.49. The van der Waals surface area contributed by atoms with Gasteiger partial charge in [0.15, 0.2) is 6.61 Å². The first-order valence-electron chi connectivity index (χ1n) is 9.38. The summed E-state index contributed by atoms with van der Waals surface area (Å²) >= 11 is 0. The van der Waals surface area contributed by atoms with Crippen LogP contribution in [0.4, 0.5) is 5.69 Å². The smallest absolute Gasteiger partial charge is 0.260 e. The third-order valence-electron chi connectivity index (χ3n) is 5.24. The van der Waals surface area contributed by atoms with Gasteiger partial charge in [-0.1, -0.05) is 50.2 Å². The van der Waals surface area contributed by atoms with E-state index in [-0.39, 0.29) is 12.5 Å². The van der Waals surface area contributed by atoms with Gasteiger partial charge in [-0.3, -0.25) is 4.79 Å². The summed E-state index contributed by atoms with van der Waals surface area (Å²) in [6, 6.07) is 16.3. The third kappa shape index (κ3) is 4.01. The summed E-state index contributed by atoms with van der Waals surface area (Å²) in [6.45, 7) is 6.60. The molecule has 4 nitrogen and oxygen atoms in total. The highest BCUT2D eigenvalue weighted by atomic mass is 16.5. The first-order chi connectivity index (χ1) is 12.6. The number of ether oxygens (including phenoxy) is 1. The van der Waals surface area contributed by atoms with Crippen LogP contribution in [0.1, 0.15) is 37.3 Å². The SMILES string of the molecule is CCC(C)c1ccccc1OCC(=O)N1CCN(C)c2ccccc2C1. The maximum absolute atomic E-state index is 12.8. The molecule has 138 valence electrons. The number of carbonyl (C=O) groups is 1. The number of nitrogens with zero attached hydrogens (tertiary/aromatic N) is 2. The van der Waals surface area contributed by atoms with Crippen LogP contribution in [0.15, 0.2) is 48.5 Å². The van der Waals surface area contributed by atoms with Crippen LogP contribution in [0, 0.1) is 0 Å². The summed E-state index contributed by atoms with van der Waals surface area (Å²) in [7, 11) is 2.08. The first-order valence-corrected chi connectivity index (χ1v) is 9.38. The minimum Gasteiger partial charge on any atom is -0.483 e. The van der Waals surface area contributed by atoms with Crippen molar-refractivity contribution in [2.24, 2.45) is 0 Å². The van der Waals surface area contributed by atoms with Gasteiger partial charge >= 0.3 is 0 Å². The lowest BCUT2D eigenvalue weighted by atomic mass is 9.98. The van der Waals surface area contributed by atoms with Crippen LogP contribution < -0.4 is 9.64 Å². The molecule has 1 amide bonds. The van der Waals surface area contributed by atoms with Gasteiger partial charge in [-0.2, -0.15) is 0 Å². The molecule has 3 rings (SSSR count). The van der Waals surface area contributed by atoms with Crippen molar-refractivity contribution < 1.29 is 9.53 Å². The predicted octanol–water partition coefficient (Wildman–Crippen LogP) is 4.06. The van der Waals surface area contributed by atoms with Crippen LogP contribution in [0.2, 0.25) is 0 Å². The van der Waals surface area contributed by atoms with Crippen molar-refractivity contribution in [3.8, 4) is 5.75 Å². The van der Waals surface area contributed by atoms with E-state index in [4.69, 9.17) is 4.74 Å². The van der Waals surface area contributed by atoms with E-state index in [1.165, 1.54) is 16.8 Å². The second-order valence-electron chi connectivity index (χ2n) is 7.00. The van der Waals surface area contributed by atoms with E-state index in [1.54, 1.807) is 0 Å². The summed E-state index contributed by atoms with van der Waals surface area (Å²) in [4.78, 5) is 16.9. The average Bonchev–Trinajstić information content (AvgIpc) is 2.85. The molecule has 0 aromatic heterocycles. The molecule has 0 bridgehead atoms. The standard InChI is InChI=1S/C22H28N2O2/c1-4-17(2)19-10-6-8-12-21(19)26-16-22(25)24-14-13-23(3)20-11-7-5-9-18(20)15-24/h5-12,17H,4,13-16H2,1-3H3. The van der Waals surface area contributed by atoms with E-state index in [0.29, 0.717) is 19.0 Å². The Balaban J connectivity index is 1.68. The third-order valence-corrected chi connectivity index (χ3v) is 5.24. The molecule has 1 atom stereocenters. The Bertz CT molecular complexity index is 759. The molecule has 0 N–H and O–H groups in total. The molecule has 0 fully saturated rings. The van der Waals surface area contributed by atoms with Crippen LogP contribution in [0.25, 0.3) is 0 Å². The van der Waals surface area contributed by atoms with Crippen molar-refractivity contribution in [3.05, 3.63) is 59.7 Å². The normalized spacial score (nSPS) is 15.2. The number of para-hydroxylation sites is 2. The van der Waals surface area contributed by atoms with Gasteiger partial charge in [0.2, 0.25) is 0 Å². The highest BCUT2D eigenvalue weighted by Gasteiger charge is 2.21. The minimum atomic E-state index is 0.0362. The van der Waals surface area contributed by atoms with Crippen molar-refractivity contribution in [1.82, 2.24) is 4.90 Å². The minimum absolute atomic E-state index is 0.0362. The Morgan fingerprint density at radius 2 is 1.85 bits per heavy atom. The van der Waals surface area contributed by atoms with Crippen LogP contribution in [-0.2, 0) is 11.3 Å². The zero-order valence-corrected chi connectivity index (χ0v) is 15.9. The molecule has 4 heteroatoms. The largest absolute Gasteiger partial charge is 0.483 e. The van der Waals surface area contributed by atoms with Crippen LogP contribution in [0.3, 0.4) is 0 Å². The van der Waals surface area contributed by atoms with Gasteiger partial charge in [0.1, 0.15) is 5.75 Å². The lowest BCUT2D eigenvalue weighted by Crippen LogP contribution is -2.37. The van der Waals surface area contributed by atoms with Crippen molar-refractivity contribution in [2.75, 3.05) is 31.6 Å². The monoisotopic (exact) mass is 352 g/mol. The molecule has 26 heavy (non-hydrogen) atoms. The van der Waals surface area contributed by atoms with Gasteiger partial charge in [-0.25, -0.2) is 0 Å². The maximum Gasteiger partial charge on any atom is 0.260 e. The molecule has 1 heterocycles. The zero-order valence-electron chi connectivity index (χ0n) is 15.9. The number of fused-ring (bicyclic) bond motifs is 1. The lowest BCUT2D eigenvalue weighted by Gasteiger charge is -2.22. The van der Waals surface area contributed by atoms with Crippen LogP contribution in [0.5, 0.6) is 5.75 Å².